The Morgan fingerprint density at radius 2 is 1.93 bits per heavy atom. The van der Waals surface area contributed by atoms with Crippen LogP contribution >= 0.6 is 0 Å². The highest BCUT2D eigenvalue weighted by Gasteiger charge is 2.26. The Morgan fingerprint density at radius 1 is 1.13 bits per heavy atom. The predicted molar refractivity (Wildman–Crippen MR) is 118 cm³/mol. The number of carbonyl (C=O) groups excluding carboxylic acids is 1. The van der Waals surface area contributed by atoms with Gasteiger partial charge in [-0.25, -0.2) is 4.98 Å². The first kappa shape index (κ1) is 20.8. The largest absolute Gasteiger partial charge is 0.387 e. The molecule has 2 aliphatic heterocycles. The summed E-state index contributed by atoms with van der Waals surface area (Å²) in [5, 5.41) is 10.9. The van der Waals surface area contributed by atoms with Crippen molar-refractivity contribution >= 4 is 17.4 Å². The number of aliphatic hydroxyl groups excluding tert-OH is 1. The normalized spacial score (nSPS) is 18.4. The molecule has 3 heterocycles. The molecule has 1 atom stereocenters. The lowest BCUT2D eigenvalue weighted by molar-refractivity contribution is -0.121. The molecule has 0 saturated carbocycles. The number of aromatic nitrogens is 2. The first-order chi connectivity index (χ1) is 14.5. The van der Waals surface area contributed by atoms with E-state index in [0.717, 1.165) is 62.6 Å². The topological polar surface area (TPSA) is 72.8 Å². The van der Waals surface area contributed by atoms with E-state index in [1.807, 2.05) is 30.9 Å². The minimum Gasteiger partial charge on any atom is -0.387 e. The Morgan fingerprint density at radius 3 is 2.63 bits per heavy atom. The second kappa shape index (κ2) is 9.10. The Kier molecular flexibility index (Phi) is 6.29. The Balaban J connectivity index is 1.38. The summed E-state index contributed by atoms with van der Waals surface area (Å²) in [5.74, 6) is 1.07. The molecule has 1 unspecified atom stereocenters. The molecule has 2 aromatic rings. The molecule has 1 N–H and O–H groups in total. The van der Waals surface area contributed by atoms with E-state index in [1.54, 1.807) is 18.6 Å². The monoisotopic (exact) mass is 409 g/mol. The molecule has 7 nitrogen and oxygen atoms in total. The molecule has 0 aliphatic carbocycles. The van der Waals surface area contributed by atoms with E-state index in [-0.39, 0.29) is 11.8 Å². The third-order valence-corrected chi connectivity index (χ3v) is 6.04. The van der Waals surface area contributed by atoms with Crippen LogP contribution in [0.25, 0.3) is 0 Å². The van der Waals surface area contributed by atoms with Gasteiger partial charge in [0.05, 0.1) is 12.3 Å². The van der Waals surface area contributed by atoms with E-state index in [2.05, 4.69) is 25.8 Å². The van der Waals surface area contributed by atoms with Crippen molar-refractivity contribution in [3.63, 3.8) is 0 Å². The van der Waals surface area contributed by atoms with Crippen LogP contribution in [0, 0.1) is 5.92 Å². The fraction of sp³-hybridized carbons (Fsp3) is 0.522. The number of β-amino-alcohol motifs (C(OH)–C–C–N with tert-alkyl or cyclic N) is 1. The number of aryl methyl sites for hydroxylation is 1. The third kappa shape index (κ3) is 4.47. The second-order valence-corrected chi connectivity index (χ2v) is 8.50. The van der Waals surface area contributed by atoms with Gasteiger partial charge < -0.3 is 14.9 Å². The maximum absolute atomic E-state index is 12.5. The molecular formula is C23H31N5O2. The van der Waals surface area contributed by atoms with Gasteiger partial charge in [-0.2, -0.15) is 0 Å². The molecule has 1 aromatic carbocycles. The number of anilines is 2. The van der Waals surface area contributed by atoms with Gasteiger partial charge in [-0.05, 0) is 30.0 Å². The maximum atomic E-state index is 12.5. The molecule has 1 aromatic heterocycles. The molecule has 2 aliphatic rings. The van der Waals surface area contributed by atoms with E-state index in [9.17, 15) is 9.90 Å². The lowest BCUT2D eigenvalue weighted by atomic mass is 9.96. The number of hydrogen-bond donors (Lipinski definition) is 1. The molecule has 7 heteroatoms. The van der Waals surface area contributed by atoms with Crippen molar-refractivity contribution in [1.29, 1.82) is 0 Å². The third-order valence-electron chi connectivity index (χ3n) is 6.04. The van der Waals surface area contributed by atoms with Gasteiger partial charge in [-0.3, -0.25) is 14.7 Å². The molecule has 0 radical (unpaired) electrons. The Bertz CT molecular complexity index is 865. The van der Waals surface area contributed by atoms with E-state index in [4.69, 9.17) is 0 Å². The van der Waals surface area contributed by atoms with Crippen LogP contribution < -0.4 is 9.80 Å². The van der Waals surface area contributed by atoms with E-state index >= 15 is 0 Å². The predicted octanol–water partition coefficient (Wildman–Crippen LogP) is 2.27. The molecule has 1 amide bonds. The second-order valence-electron chi connectivity index (χ2n) is 8.50. The fourth-order valence-corrected chi connectivity index (χ4v) is 4.33. The van der Waals surface area contributed by atoms with Gasteiger partial charge in [-0.1, -0.05) is 26.0 Å². The van der Waals surface area contributed by atoms with Crippen molar-refractivity contribution in [3.8, 4) is 0 Å². The van der Waals surface area contributed by atoms with Crippen LogP contribution in [0.2, 0.25) is 0 Å². The van der Waals surface area contributed by atoms with Crippen LogP contribution in [0.1, 0.15) is 37.5 Å². The summed E-state index contributed by atoms with van der Waals surface area (Å²) >= 11 is 0. The van der Waals surface area contributed by atoms with Gasteiger partial charge >= 0.3 is 0 Å². The lowest BCUT2D eigenvalue weighted by Crippen LogP contribution is -2.47. The number of carbonyl (C=O) groups is 1. The number of hydrogen-bond acceptors (Lipinski definition) is 6. The Labute approximate surface area is 178 Å². The summed E-state index contributed by atoms with van der Waals surface area (Å²) in [5.41, 5.74) is 3.11. The van der Waals surface area contributed by atoms with Crippen LogP contribution in [-0.2, 0) is 11.2 Å². The molecule has 30 heavy (non-hydrogen) atoms. The fourth-order valence-electron chi connectivity index (χ4n) is 4.33. The van der Waals surface area contributed by atoms with E-state index in [1.165, 1.54) is 5.56 Å². The average molecular weight is 410 g/mol. The summed E-state index contributed by atoms with van der Waals surface area (Å²) in [7, 11) is 0. The number of piperazine rings is 1. The molecule has 160 valence electrons. The molecule has 4 rings (SSSR count). The SMILES string of the molecule is CC(C)C(=O)N1CCCc2cc(C(O)CN3CCN(c4cnccn4)CC3)ccc21. The highest BCUT2D eigenvalue weighted by molar-refractivity contribution is 5.95. The standard InChI is InChI=1S/C23H31N5O2/c1-17(2)23(30)28-9-3-4-18-14-19(5-6-20(18)28)21(29)16-26-10-12-27(13-11-26)22-15-24-7-8-25-22/h5-8,14-15,17,21,29H,3-4,9-13,16H2,1-2H3. The summed E-state index contributed by atoms with van der Waals surface area (Å²) in [4.78, 5) is 27.5. The van der Waals surface area contributed by atoms with E-state index < -0.39 is 6.10 Å². The smallest absolute Gasteiger partial charge is 0.229 e. The zero-order chi connectivity index (χ0) is 21.1. The van der Waals surface area contributed by atoms with Crippen molar-refractivity contribution in [2.45, 2.75) is 32.8 Å². The van der Waals surface area contributed by atoms with Gasteiger partial charge in [0.2, 0.25) is 5.91 Å². The minimum absolute atomic E-state index is 0.0123. The number of benzene rings is 1. The summed E-state index contributed by atoms with van der Waals surface area (Å²) in [6, 6.07) is 6.08. The summed E-state index contributed by atoms with van der Waals surface area (Å²) in [6.07, 6.45) is 6.59. The highest BCUT2D eigenvalue weighted by Crippen LogP contribution is 2.31. The summed E-state index contributed by atoms with van der Waals surface area (Å²) < 4.78 is 0. The minimum atomic E-state index is -0.533. The van der Waals surface area contributed by atoms with Crippen LogP contribution in [0.15, 0.2) is 36.8 Å². The zero-order valence-corrected chi connectivity index (χ0v) is 17.9. The summed E-state index contributed by atoms with van der Waals surface area (Å²) in [6.45, 7) is 8.80. The van der Waals surface area contributed by atoms with Crippen molar-refractivity contribution in [3.05, 3.63) is 47.9 Å². The van der Waals surface area contributed by atoms with Crippen molar-refractivity contribution in [2.24, 2.45) is 5.92 Å². The molecule has 0 bridgehead atoms. The van der Waals surface area contributed by atoms with Crippen LogP contribution in [0.5, 0.6) is 0 Å². The molecule has 1 saturated heterocycles. The zero-order valence-electron chi connectivity index (χ0n) is 17.9. The lowest BCUT2D eigenvalue weighted by Gasteiger charge is -2.36. The number of fused-ring (bicyclic) bond motifs is 1. The number of rotatable bonds is 5. The average Bonchev–Trinajstić information content (AvgIpc) is 2.78. The first-order valence-electron chi connectivity index (χ1n) is 10.9. The number of amides is 1. The molecular weight excluding hydrogens is 378 g/mol. The van der Waals surface area contributed by atoms with Gasteiger partial charge in [-0.15, -0.1) is 0 Å². The van der Waals surface area contributed by atoms with Crippen molar-refractivity contribution in [1.82, 2.24) is 14.9 Å². The number of nitrogens with zero attached hydrogens (tertiary/aromatic N) is 5. The Hall–Kier alpha value is -2.51. The van der Waals surface area contributed by atoms with Gasteiger partial charge in [0.1, 0.15) is 5.82 Å². The van der Waals surface area contributed by atoms with Crippen molar-refractivity contribution in [2.75, 3.05) is 49.1 Å². The van der Waals surface area contributed by atoms with Gasteiger partial charge in [0.25, 0.3) is 0 Å². The molecule has 1 fully saturated rings. The first-order valence-corrected chi connectivity index (χ1v) is 10.9. The molecule has 0 spiro atoms. The van der Waals surface area contributed by atoms with Crippen molar-refractivity contribution < 1.29 is 9.90 Å². The van der Waals surface area contributed by atoms with Crippen LogP contribution in [0.3, 0.4) is 0 Å². The quantitative estimate of drug-likeness (QED) is 0.817. The van der Waals surface area contributed by atoms with E-state index in [0.29, 0.717) is 6.54 Å². The van der Waals surface area contributed by atoms with Gasteiger partial charge in [0.15, 0.2) is 0 Å². The highest BCUT2D eigenvalue weighted by atomic mass is 16.3. The number of aliphatic hydroxyl groups is 1. The van der Waals surface area contributed by atoms with Gasteiger partial charge in [0, 0.05) is 63.3 Å². The maximum Gasteiger partial charge on any atom is 0.229 e. The van der Waals surface area contributed by atoms with Crippen LogP contribution in [-0.4, -0.2) is 65.2 Å². The van der Waals surface area contributed by atoms with Crippen LogP contribution in [0.4, 0.5) is 11.5 Å².